The SMILES string of the molecule is CC1(C)Cc2c(ccn2-c2nc3c(s2)CCCC3)C(N)C1. The van der Waals surface area contributed by atoms with Crippen molar-refractivity contribution in [3.63, 3.8) is 0 Å². The molecule has 0 saturated carbocycles. The number of aromatic nitrogens is 2. The van der Waals surface area contributed by atoms with Gasteiger partial charge in [0, 0.05) is 22.8 Å². The fourth-order valence-electron chi connectivity index (χ4n) is 3.86. The van der Waals surface area contributed by atoms with E-state index in [2.05, 4.69) is 30.7 Å². The number of hydrogen-bond acceptors (Lipinski definition) is 3. The molecule has 0 spiro atoms. The summed E-state index contributed by atoms with van der Waals surface area (Å²) in [6, 6.07) is 2.37. The van der Waals surface area contributed by atoms with Gasteiger partial charge in [-0.3, -0.25) is 4.57 Å². The summed E-state index contributed by atoms with van der Waals surface area (Å²) in [6.45, 7) is 4.64. The van der Waals surface area contributed by atoms with Crippen LogP contribution in [0.15, 0.2) is 12.3 Å². The van der Waals surface area contributed by atoms with Crippen LogP contribution in [0.2, 0.25) is 0 Å². The fraction of sp³-hybridized carbons (Fsp3) is 0.588. The monoisotopic (exact) mass is 301 g/mol. The summed E-state index contributed by atoms with van der Waals surface area (Å²) in [4.78, 5) is 6.41. The second kappa shape index (κ2) is 4.68. The lowest BCUT2D eigenvalue weighted by Gasteiger charge is -2.34. The van der Waals surface area contributed by atoms with Crippen molar-refractivity contribution >= 4 is 11.3 Å². The van der Waals surface area contributed by atoms with Crippen molar-refractivity contribution in [2.75, 3.05) is 0 Å². The largest absolute Gasteiger partial charge is 0.324 e. The first-order valence-electron chi connectivity index (χ1n) is 7.98. The van der Waals surface area contributed by atoms with Gasteiger partial charge in [-0.1, -0.05) is 13.8 Å². The molecule has 112 valence electrons. The lowest BCUT2D eigenvalue weighted by Crippen LogP contribution is -2.30. The van der Waals surface area contributed by atoms with Gasteiger partial charge in [0.25, 0.3) is 0 Å². The first-order chi connectivity index (χ1) is 10.0. The highest BCUT2D eigenvalue weighted by Crippen LogP contribution is 2.41. The Morgan fingerprint density at radius 2 is 2.14 bits per heavy atom. The van der Waals surface area contributed by atoms with Crippen LogP contribution >= 0.6 is 11.3 Å². The molecule has 4 rings (SSSR count). The molecule has 0 aromatic carbocycles. The summed E-state index contributed by atoms with van der Waals surface area (Å²) < 4.78 is 2.30. The van der Waals surface area contributed by atoms with E-state index < -0.39 is 0 Å². The number of thiazole rings is 1. The highest BCUT2D eigenvalue weighted by molar-refractivity contribution is 7.14. The van der Waals surface area contributed by atoms with Crippen LogP contribution in [0.1, 0.15) is 61.0 Å². The predicted octanol–water partition coefficient (Wildman–Crippen LogP) is 3.78. The molecule has 2 aromatic rings. The summed E-state index contributed by atoms with van der Waals surface area (Å²) in [7, 11) is 0. The summed E-state index contributed by atoms with van der Waals surface area (Å²) in [6.07, 6.45) is 9.30. The zero-order chi connectivity index (χ0) is 14.6. The highest BCUT2D eigenvalue weighted by Gasteiger charge is 2.33. The van der Waals surface area contributed by atoms with Crippen LogP contribution in [0.25, 0.3) is 5.13 Å². The molecule has 3 nitrogen and oxygen atoms in total. The quantitative estimate of drug-likeness (QED) is 0.871. The van der Waals surface area contributed by atoms with Gasteiger partial charge >= 0.3 is 0 Å². The van der Waals surface area contributed by atoms with Gasteiger partial charge in [0.15, 0.2) is 5.13 Å². The lowest BCUT2D eigenvalue weighted by molar-refractivity contribution is 0.278. The summed E-state index contributed by atoms with van der Waals surface area (Å²) in [5.41, 5.74) is 10.7. The molecule has 2 aromatic heterocycles. The second-order valence-corrected chi connectivity index (χ2v) is 8.37. The van der Waals surface area contributed by atoms with Gasteiger partial charge < -0.3 is 5.73 Å². The third-order valence-electron chi connectivity index (χ3n) is 4.89. The molecule has 0 amide bonds. The van der Waals surface area contributed by atoms with E-state index in [1.807, 2.05) is 11.3 Å². The first-order valence-corrected chi connectivity index (χ1v) is 8.80. The van der Waals surface area contributed by atoms with Crippen LogP contribution in [0.5, 0.6) is 0 Å². The molecular weight excluding hydrogens is 278 g/mol. The van der Waals surface area contributed by atoms with E-state index in [1.165, 1.54) is 41.1 Å². The molecule has 0 radical (unpaired) electrons. The summed E-state index contributed by atoms with van der Waals surface area (Å²) >= 11 is 1.88. The molecule has 4 heteroatoms. The maximum Gasteiger partial charge on any atom is 0.194 e. The average molecular weight is 301 g/mol. The molecule has 21 heavy (non-hydrogen) atoms. The van der Waals surface area contributed by atoms with Gasteiger partial charge in [0.1, 0.15) is 0 Å². The van der Waals surface area contributed by atoms with E-state index in [4.69, 9.17) is 10.7 Å². The highest BCUT2D eigenvalue weighted by atomic mass is 32.1. The smallest absolute Gasteiger partial charge is 0.194 e. The van der Waals surface area contributed by atoms with Gasteiger partial charge in [0.2, 0.25) is 0 Å². The minimum atomic E-state index is 0.166. The van der Waals surface area contributed by atoms with Crippen LogP contribution in [-0.4, -0.2) is 9.55 Å². The Balaban J connectivity index is 1.78. The predicted molar refractivity (Wildman–Crippen MR) is 87.1 cm³/mol. The Bertz CT molecular complexity index is 657. The number of hydrogen-bond donors (Lipinski definition) is 1. The average Bonchev–Trinajstić information content (AvgIpc) is 2.99. The molecule has 0 saturated heterocycles. The summed E-state index contributed by atoms with van der Waals surface area (Å²) in [5.74, 6) is 0. The van der Waals surface area contributed by atoms with E-state index in [-0.39, 0.29) is 11.5 Å². The van der Waals surface area contributed by atoms with Gasteiger partial charge in [-0.15, -0.1) is 11.3 Å². The molecule has 1 unspecified atom stereocenters. The van der Waals surface area contributed by atoms with E-state index in [0.29, 0.717) is 0 Å². The third-order valence-corrected chi connectivity index (χ3v) is 6.04. The van der Waals surface area contributed by atoms with Crippen molar-refractivity contribution in [2.24, 2.45) is 11.1 Å². The standard InChI is InChI=1S/C17H23N3S/c1-17(2)9-12(18)11-7-8-20(14(11)10-17)16-19-13-5-3-4-6-15(13)21-16/h7-8,12H,3-6,9-10,18H2,1-2H3. The van der Waals surface area contributed by atoms with Crippen molar-refractivity contribution in [3.8, 4) is 5.13 Å². The number of fused-ring (bicyclic) bond motifs is 2. The zero-order valence-corrected chi connectivity index (χ0v) is 13.7. The van der Waals surface area contributed by atoms with Crippen LogP contribution in [0.4, 0.5) is 0 Å². The topological polar surface area (TPSA) is 43.8 Å². The minimum Gasteiger partial charge on any atom is -0.324 e. The number of nitrogens with two attached hydrogens (primary N) is 1. The molecule has 2 heterocycles. The molecule has 2 aliphatic carbocycles. The van der Waals surface area contributed by atoms with Crippen LogP contribution < -0.4 is 5.73 Å². The maximum atomic E-state index is 6.38. The number of nitrogens with zero attached hydrogens (tertiary/aromatic N) is 2. The molecule has 0 aliphatic heterocycles. The van der Waals surface area contributed by atoms with Crippen LogP contribution in [-0.2, 0) is 19.3 Å². The third kappa shape index (κ3) is 2.25. The zero-order valence-electron chi connectivity index (χ0n) is 12.9. The number of aryl methyl sites for hydroxylation is 2. The fourth-order valence-corrected chi connectivity index (χ4v) is 5.01. The molecule has 0 fully saturated rings. The Morgan fingerprint density at radius 1 is 1.33 bits per heavy atom. The van der Waals surface area contributed by atoms with Gasteiger partial charge in [-0.25, -0.2) is 4.98 Å². The Labute approximate surface area is 130 Å². The number of rotatable bonds is 1. The molecule has 0 bridgehead atoms. The van der Waals surface area contributed by atoms with E-state index >= 15 is 0 Å². The van der Waals surface area contributed by atoms with E-state index in [1.54, 1.807) is 0 Å². The van der Waals surface area contributed by atoms with E-state index in [0.717, 1.165) is 24.4 Å². The Kier molecular flexibility index (Phi) is 3.02. The first kappa shape index (κ1) is 13.5. The Morgan fingerprint density at radius 3 is 2.95 bits per heavy atom. The lowest BCUT2D eigenvalue weighted by atomic mass is 9.75. The van der Waals surface area contributed by atoms with E-state index in [9.17, 15) is 0 Å². The summed E-state index contributed by atoms with van der Waals surface area (Å²) in [5, 5.41) is 1.15. The van der Waals surface area contributed by atoms with Gasteiger partial charge in [-0.05, 0) is 55.6 Å². The van der Waals surface area contributed by atoms with Crippen LogP contribution in [0.3, 0.4) is 0 Å². The van der Waals surface area contributed by atoms with Crippen molar-refractivity contribution < 1.29 is 0 Å². The van der Waals surface area contributed by atoms with Crippen molar-refractivity contribution in [1.82, 2.24) is 9.55 Å². The van der Waals surface area contributed by atoms with Gasteiger partial charge in [0.05, 0.1) is 5.69 Å². The molecule has 1 atom stereocenters. The second-order valence-electron chi connectivity index (χ2n) is 7.31. The molecule has 2 N–H and O–H groups in total. The van der Waals surface area contributed by atoms with Crippen molar-refractivity contribution in [3.05, 3.63) is 34.1 Å². The molecule has 2 aliphatic rings. The maximum absolute atomic E-state index is 6.38. The van der Waals surface area contributed by atoms with Gasteiger partial charge in [-0.2, -0.15) is 0 Å². The van der Waals surface area contributed by atoms with Crippen LogP contribution in [0, 0.1) is 5.41 Å². The van der Waals surface area contributed by atoms with Crippen molar-refractivity contribution in [2.45, 2.75) is 58.4 Å². The molecular formula is C17H23N3S. The minimum absolute atomic E-state index is 0.166. The normalized spacial score (nSPS) is 23.7. The Hall–Kier alpha value is -1.13. The van der Waals surface area contributed by atoms with Crippen molar-refractivity contribution in [1.29, 1.82) is 0 Å².